The highest BCUT2D eigenvalue weighted by molar-refractivity contribution is 9.10. The molecule has 3 N–H and O–H groups in total. The summed E-state index contributed by atoms with van der Waals surface area (Å²) in [5.41, 5.74) is 6.58. The van der Waals surface area contributed by atoms with E-state index in [-0.39, 0.29) is 23.6 Å². The van der Waals surface area contributed by atoms with Crippen molar-refractivity contribution in [3.8, 4) is 0 Å². The molecule has 0 fully saturated rings. The largest absolute Gasteiger partial charge is 0.465 e. The van der Waals surface area contributed by atoms with Gasteiger partial charge in [-0.2, -0.15) is 0 Å². The summed E-state index contributed by atoms with van der Waals surface area (Å²) in [5, 5.41) is 11.1. The highest BCUT2D eigenvalue weighted by atomic mass is 79.9. The Bertz CT molecular complexity index is 766. The van der Waals surface area contributed by atoms with Gasteiger partial charge in [0.1, 0.15) is 6.04 Å². The number of nitrogen functional groups attached to an aromatic ring is 1. The Hall–Kier alpha value is -2.07. The van der Waals surface area contributed by atoms with Gasteiger partial charge < -0.3 is 15.8 Å². The Labute approximate surface area is 164 Å². The fourth-order valence-electron chi connectivity index (χ4n) is 2.25. The number of halogens is 1. The van der Waals surface area contributed by atoms with Crippen LogP contribution in [0.3, 0.4) is 0 Å². The van der Waals surface area contributed by atoms with E-state index in [9.17, 15) is 9.59 Å². The number of thioether (sulfide) groups is 1. The summed E-state index contributed by atoms with van der Waals surface area (Å²) in [4.78, 5) is 24.3. The molecule has 0 radical (unpaired) electrons. The van der Waals surface area contributed by atoms with E-state index in [1.165, 1.54) is 4.57 Å². The Morgan fingerprint density at radius 3 is 2.62 bits per heavy atom. The van der Waals surface area contributed by atoms with Gasteiger partial charge in [-0.1, -0.05) is 34.6 Å². The van der Waals surface area contributed by atoms with Crippen LogP contribution < -0.4 is 11.1 Å². The van der Waals surface area contributed by atoms with Gasteiger partial charge in [-0.25, -0.2) is 0 Å². The fourth-order valence-corrected chi connectivity index (χ4v) is 3.30. The standard InChI is InChI=1S/C16H20BrN5O3S/c1-3-12(14(24)19-11-7-5-10(17)6-8-11)22-15(18)20-21-16(22)26-9-13(23)25-4-2/h5-8,12H,3-4,9H2,1-2H3,(H2,18,20)(H,19,24). The SMILES string of the molecule is CCOC(=O)CSc1nnc(N)n1C(CC)C(=O)Nc1ccc(Br)cc1. The molecule has 1 unspecified atom stereocenters. The number of amides is 1. The van der Waals surface area contributed by atoms with Crippen LogP contribution >= 0.6 is 27.7 Å². The molecular formula is C16H20BrN5O3S. The van der Waals surface area contributed by atoms with Gasteiger partial charge in [-0.05, 0) is 37.6 Å². The first-order valence-electron chi connectivity index (χ1n) is 8.01. The van der Waals surface area contributed by atoms with Gasteiger partial charge in [-0.3, -0.25) is 14.2 Å². The lowest BCUT2D eigenvalue weighted by Gasteiger charge is -2.19. The van der Waals surface area contributed by atoms with Crippen molar-refractivity contribution in [3.63, 3.8) is 0 Å². The summed E-state index contributed by atoms with van der Waals surface area (Å²) in [7, 11) is 0. The molecule has 0 aliphatic heterocycles. The average molecular weight is 442 g/mol. The number of carbonyl (C=O) groups excluding carboxylic acids is 2. The molecule has 0 aliphatic carbocycles. The maximum Gasteiger partial charge on any atom is 0.316 e. The number of esters is 1. The molecule has 0 saturated heterocycles. The summed E-state index contributed by atoms with van der Waals surface area (Å²) >= 11 is 4.49. The lowest BCUT2D eigenvalue weighted by molar-refractivity contribution is -0.139. The van der Waals surface area contributed by atoms with Gasteiger partial charge in [0.05, 0.1) is 12.4 Å². The fraction of sp³-hybridized carbons (Fsp3) is 0.375. The zero-order valence-electron chi connectivity index (χ0n) is 14.4. The number of rotatable bonds is 8. The number of hydrogen-bond acceptors (Lipinski definition) is 7. The van der Waals surface area contributed by atoms with Crippen LogP contribution in [0.25, 0.3) is 0 Å². The lowest BCUT2D eigenvalue weighted by Crippen LogP contribution is -2.27. The van der Waals surface area contributed by atoms with Crippen molar-refractivity contribution in [3.05, 3.63) is 28.7 Å². The van der Waals surface area contributed by atoms with E-state index >= 15 is 0 Å². The average Bonchev–Trinajstić information content (AvgIpc) is 2.97. The number of benzene rings is 1. The van der Waals surface area contributed by atoms with Crippen LogP contribution in [0.15, 0.2) is 33.9 Å². The monoisotopic (exact) mass is 441 g/mol. The normalized spacial score (nSPS) is 11.8. The molecule has 140 valence electrons. The molecule has 8 nitrogen and oxygen atoms in total. The van der Waals surface area contributed by atoms with Gasteiger partial charge in [0, 0.05) is 10.2 Å². The highest BCUT2D eigenvalue weighted by Crippen LogP contribution is 2.26. The van der Waals surface area contributed by atoms with E-state index in [0.717, 1.165) is 16.2 Å². The van der Waals surface area contributed by atoms with Crippen molar-refractivity contribution < 1.29 is 14.3 Å². The number of ether oxygens (including phenoxy) is 1. The second-order valence-corrected chi connectivity index (χ2v) is 7.08. The maximum absolute atomic E-state index is 12.7. The molecule has 0 spiro atoms. The zero-order valence-corrected chi connectivity index (χ0v) is 16.8. The molecule has 0 bridgehead atoms. The molecule has 0 aliphatic rings. The molecule has 2 rings (SSSR count). The van der Waals surface area contributed by atoms with E-state index in [1.807, 2.05) is 19.1 Å². The first-order valence-corrected chi connectivity index (χ1v) is 9.79. The van der Waals surface area contributed by atoms with E-state index < -0.39 is 6.04 Å². The molecule has 1 aromatic carbocycles. The molecule has 10 heteroatoms. The highest BCUT2D eigenvalue weighted by Gasteiger charge is 2.25. The van der Waals surface area contributed by atoms with E-state index in [0.29, 0.717) is 23.9 Å². The quantitative estimate of drug-likeness (QED) is 0.478. The van der Waals surface area contributed by atoms with Crippen LogP contribution in [0.2, 0.25) is 0 Å². The summed E-state index contributed by atoms with van der Waals surface area (Å²) in [6.45, 7) is 3.91. The van der Waals surface area contributed by atoms with Crippen molar-refractivity contribution >= 4 is 51.2 Å². The van der Waals surface area contributed by atoms with Crippen LogP contribution in [0.5, 0.6) is 0 Å². The minimum Gasteiger partial charge on any atom is -0.465 e. The van der Waals surface area contributed by atoms with Crippen LogP contribution in [0.4, 0.5) is 11.6 Å². The number of nitrogens with one attached hydrogen (secondary N) is 1. The van der Waals surface area contributed by atoms with Gasteiger partial charge >= 0.3 is 5.97 Å². The number of carbonyl (C=O) groups is 2. The molecule has 1 heterocycles. The predicted molar refractivity (Wildman–Crippen MR) is 104 cm³/mol. The number of aromatic nitrogens is 3. The summed E-state index contributed by atoms with van der Waals surface area (Å²) in [6.07, 6.45) is 0.484. The smallest absolute Gasteiger partial charge is 0.316 e. The van der Waals surface area contributed by atoms with Gasteiger partial charge in [0.25, 0.3) is 0 Å². The molecule has 1 atom stereocenters. The first-order chi connectivity index (χ1) is 12.5. The van der Waals surface area contributed by atoms with Gasteiger partial charge in [0.2, 0.25) is 11.9 Å². The van der Waals surface area contributed by atoms with E-state index in [2.05, 4.69) is 31.4 Å². The van der Waals surface area contributed by atoms with E-state index in [4.69, 9.17) is 10.5 Å². The van der Waals surface area contributed by atoms with Crippen LogP contribution in [-0.2, 0) is 14.3 Å². The number of nitrogens with zero attached hydrogens (tertiary/aromatic N) is 3. The van der Waals surface area contributed by atoms with Gasteiger partial charge in [-0.15, -0.1) is 10.2 Å². The summed E-state index contributed by atoms with van der Waals surface area (Å²) < 4.78 is 7.36. The van der Waals surface area contributed by atoms with Crippen LogP contribution in [0.1, 0.15) is 26.3 Å². The number of hydrogen-bond donors (Lipinski definition) is 2. The number of nitrogens with two attached hydrogens (primary N) is 1. The third-order valence-electron chi connectivity index (χ3n) is 3.43. The minimum absolute atomic E-state index is 0.0662. The summed E-state index contributed by atoms with van der Waals surface area (Å²) in [5.74, 6) is -0.414. The third kappa shape index (κ3) is 5.21. The molecule has 1 aromatic heterocycles. The Morgan fingerprint density at radius 2 is 2.00 bits per heavy atom. The second-order valence-electron chi connectivity index (χ2n) is 5.22. The predicted octanol–water partition coefficient (Wildman–Crippen LogP) is 2.87. The molecule has 26 heavy (non-hydrogen) atoms. The number of anilines is 2. The lowest BCUT2D eigenvalue weighted by atomic mass is 10.2. The topological polar surface area (TPSA) is 112 Å². The molecule has 1 amide bonds. The van der Waals surface area contributed by atoms with Crippen molar-refractivity contribution in [2.45, 2.75) is 31.5 Å². The summed E-state index contributed by atoms with van der Waals surface area (Å²) in [6, 6.07) is 6.66. The van der Waals surface area contributed by atoms with E-state index in [1.54, 1.807) is 19.1 Å². The first kappa shape index (κ1) is 20.2. The Balaban J connectivity index is 2.15. The Morgan fingerprint density at radius 1 is 1.31 bits per heavy atom. The van der Waals surface area contributed by atoms with Crippen molar-refractivity contribution in [1.29, 1.82) is 0 Å². The molecular weight excluding hydrogens is 422 g/mol. The van der Waals surface area contributed by atoms with Crippen LogP contribution in [-0.4, -0.2) is 39.0 Å². The van der Waals surface area contributed by atoms with Gasteiger partial charge in [0.15, 0.2) is 5.16 Å². The van der Waals surface area contributed by atoms with Crippen molar-refractivity contribution in [2.24, 2.45) is 0 Å². The van der Waals surface area contributed by atoms with Crippen LogP contribution in [0, 0.1) is 0 Å². The minimum atomic E-state index is -0.599. The molecule has 2 aromatic rings. The van der Waals surface area contributed by atoms with Crippen molar-refractivity contribution in [2.75, 3.05) is 23.4 Å². The molecule has 0 saturated carbocycles. The Kier molecular flexibility index (Phi) is 7.46. The zero-order chi connectivity index (χ0) is 19.1. The second kappa shape index (κ2) is 9.58. The third-order valence-corrected chi connectivity index (χ3v) is 4.87. The van der Waals surface area contributed by atoms with Crippen molar-refractivity contribution in [1.82, 2.24) is 14.8 Å². The maximum atomic E-state index is 12.7.